The molecule has 0 unspecified atom stereocenters. The Kier molecular flexibility index (Phi) is 6.53. The molecule has 0 aliphatic carbocycles. The van der Waals surface area contributed by atoms with Gasteiger partial charge in [-0.05, 0) is 48.0 Å². The summed E-state index contributed by atoms with van der Waals surface area (Å²) in [5, 5.41) is 3.76. The summed E-state index contributed by atoms with van der Waals surface area (Å²) in [5.74, 6) is -0.554. The van der Waals surface area contributed by atoms with Crippen molar-refractivity contribution in [3.63, 3.8) is 0 Å². The molecule has 0 radical (unpaired) electrons. The van der Waals surface area contributed by atoms with Crippen molar-refractivity contribution in [2.75, 3.05) is 31.1 Å². The van der Waals surface area contributed by atoms with Crippen LogP contribution in [0.1, 0.15) is 31.8 Å². The first kappa shape index (κ1) is 23.1. The molecule has 176 valence electrons. The Morgan fingerprint density at radius 3 is 2.57 bits per heavy atom. The quantitative estimate of drug-likeness (QED) is 0.403. The van der Waals surface area contributed by atoms with Crippen LogP contribution in [0.25, 0.3) is 11.0 Å². The maximum atomic E-state index is 14.9. The van der Waals surface area contributed by atoms with E-state index in [1.165, 1.54) is 12.1 Å². The Balaban J connectivity index is 1.37. The molecular formula is C27H22ClFN4O2. The Bertz CT molecular complexity index is 1440. The first-order valence-corrected chi connectivity index (χ1v) is 11.7. The summed E-state index contributed by atoms with van der Waals surface area (Å²) < 4.78 is 14.9. The predicted octanol–water partition coefficient (Wildman–Crippen LogP) is 4.49. The van der Waals surface area contributed by atoms with Crippen LogP contribution < -0.4 is 10.2 Å². The second-order valence-electron chi connectivity index (χ2n) is 8.42. The number of carbonyl (C=O) groups is 2. The topological polar surface area (TPSA) is 75.2 Å². The van der Waals surface area contributed by atoms with Crippen molar-refractivity contribution in [1.29, 1.82) is 0 Å². The SMILES string of the molecule is O=C(Cc1ccc(C(=O)c2ccc3ncc(N4CCNCC4)nc3c2)c(F)c1)c1cccc(Cl)c1. The van der Waals surface area contributed by atoms with Crippen LogP contribution in [0.2, 0.25) is 5.02 Å². The van der Waals surface area contributed by atoms with Crippen LogP contribution in [-0.4, -0.2) is 47.7 Å². The number of nitrogens with one attached hydrogen (secondary N) is 1. The number of aromatic nitrogens is 2. The summed E-state index contributed by atoms with van der Waals surface area (Å²) >= 11 is 5.95. The molecule has 8 heteroatoms. The summed E-state index contributed by atoms with van der Waals surface area (Å²) in [7, 11) is 0. The molecular weight excluding hydrogens is 467 g/mol. The minimum Gasteiger partial charge on any atom is -0.353 e. The largest absolute Gasteiger partial charge is 0.353 e. The van der Waals surface area contributed by atoms with E-state index in [1.54, 1.807) is 54.7 Å². The minimum absolute atomic E-state index is 0.00605. The zero-order chi connectivity index (χ0) is 24.4. The van der Waals surface area contributed by atoms with Crippen molar-refractivity contribution < 1.29 is 14.0 Å². The van der Waals surface area contributed by atoms with Crippen molar-refractivity contribution in [2.45, 2.75) is 6.42 Å². The summed E-state index contributed by atoms with van der Waals surface area (Å²) in [6.07, 6.45) is 1.74. The van der Waals surface area contributed by atoms with Gasteiger partial charge in [-0.3, -0.25) is 14.6 Å². The van der Waals surface area contributed by atoms with E-state index in [0.717, 1.165) is 32.0 Å². The second kappa shape index (κ2) is 9.90. The van der Waals surface area contributed by atoms with E-state index in [9.17, 15) is 14.0 Å². The van der Waals surface area contributed by atoms with Crippen LogP contribution >= 0.6 is 11.6 Å². The van der Waals surface area contributed by atoms with Crippen LogP contribution in [0.3, 0.4) is 0 Å². The summed E-state index contributed by atoms with van der Waals surface area (Å²) in [5.41, 5.74) is 2.44. The molecule has 1 aliphatic rings. The number of hydrogen-bond donors (Lipinski definition) is 1. The van der Waals surface area contributed by atoms with Gasteiger partial charge in [-0.1, -0.05) is 29.8 Å². The number of ketones is 2. The van der Waals surface area contributed by atoms with Crippen molar-refractivity contribution in [2.24, 2.45) is 0 Å². The van der Waals surface area contributed by atoms with E-state index in [1.807, 2.05) is 0 Å². The molecule has 1 saturated heterocycles. The van der Waals surface area contributed by atoms with E-state index in [0.29, 0.717) is 32.7 Å². The number of Topliss-reactive ketones (excluding diaryl/α,β-unsaturated/α-hetero) is 1. The third kappa shape index (κ3) is 5.06. The summed E-state index contributed by atoms with van der Waals surface area (Å²) in [4.78, 5) is 36.9. The fourth-order valence-corrected chi connectivity index (χ4v) is 4.34. The van der Waals surface area contributed by atoms with Gasteiger partial charge in [0.1, 0.15) is 11.6 Å². The van der Waals surface area contributed by atoms with Crippen molar-refractivity contribution >= 4 is 40.0 Å². The molecule has 3 aromatic carbocycles. The van der Waals surface area contributed by atoms with E-state index in [-0.39, 0.29) is 17.8 Å². The highest BCUT2D eigenvalue weighted by Gasteiger charge is 2.18. The first-order valence-electron chi connectivity index (χ1n) is 11.3. The molecule has 5 rings (SSSR count). The standard InChI is InChI=1S/C27H22ClFN4O2/c28-20-3-1-2-18(14-20)25(34)13-17-4-6-21(22(29)12-17)27(35)19-5-7-23-24(15-19)32-26(16-31-23)33-10-8-30-9-11-33/h1-7,12,14-16,30H,8-11,13H2. The van der Waals surface area contributed by atoms with Crippen LogP contribution in [0.5, 0.6) is 0 Å². The predicted molar refractivity (Wildman–Crippen MR) is 134 cm³/mol. The van der Waals surface area contributed by atoms with Gasteiger partial charge in [-0.15, -0.1) is 0 Å². The van der Waals surface area contributed by atoms with Gasteiger partial charge >= 0.3 is 0 Å². The number of hydrogen-bond acceptors (Lipinski definition) is 6. The van der Waals surface area contributed by atoms with Crippen molar-refractivity contribution in [3.05, 3.63) is 100.0 Å². The lowest BCUT2D eigenvalue weighted by atomic mass is 9.98. The van der Waals surface area contributed by atoms with E-state index < -0.39 is 11.6 Å². The van der Waals surface area contributed by atoms with Gasteiger partial charge in [0.25, 0.3) is 0 Å². The summed E-state index contributed by atoms with van der Waals surface area (Å²) in [6.45, 7) is 3.41. The second-order valence-corrected chi connectivity index (χ2v) is 8.86. The molecule has 6 nitrogen and oxygen atoms in total. The lowest BCUT2D eigenvalue weighted by Gasteiger charge is -2.28. The Labute approximate surface area is 206 Å². The van der Waals surface area contributed by atoms with Crippen LogP contribution in [0.4, 0.5) is 10.2 Å². The zero-order valence-electron chi connectivity index (χ0n) is 18.8. The van der Waals surface area contributed by atoms with Gasteiger partial charge < -0.3 is 10.2 Å². The van der Waals surface area contributed by atoms with Crippen molar-refractivity contribution in [3.8, 4) is 0 Å². The molecule has 0 atom stereocenters. The number of carbonyl (C=O) groups excluding carboxylic acids is 2. The van der Waals surface area contributed by atoms with E-state index in [2.05, 4.69) is 20.2 Å². The smallest absolute Gasteiger partial charge is 0.196 e. The van der Waals surface area contributed by atoms with E-state index >= 15 is 0 Å². The molecule has 1 aliphatic heterocycles. The van der Waals surface area contributed by atoms with Crippen molar-refractivity contribution in [1.82, 2.24) is 15.3 Å². The Morgan fingerprint density at radius 1 is 0.971 bits per heavy atom. The fraction of sp³-hybridized carbons (Fsp3) is 0.185. The van der Waals surface area contributed by atoms with Gasteiger partial charge in [0.05, 0.1) is 22.8 Å². The zero-order valence-corrected chi connectivity index (χ0v) is 19.6. The average molecular weight is 489 g/mol. The van der Waals surface area contributed by atoms with Gasteiger partial charge in [-0.25, -0.2) is 9.37 Å². The lowest BCUT2D eigenvalue weighted by molar-refractivity contribution is 0.0992. The minimum atomic E-state index is -0.674. The average Bonchev–Trinajstić information content (AvgIpc) is 2.88. The molecule has 1 aromatic heterocycles. The first-order chi connectivity index (χ1) is 17.0. The third-order valence-corrected chi connectivity index (χ3v) is 6.26. The molecule has 0 spiro atoms. The van der Waals surface area contributed by atoms with E-state index in [4.69, 9.17) is 11.6 Å². The monoisotopic (exact) mass is 488 g/mol. The fourth-order valence-electron chi connectivity index (χ4n) is 4.15. The third-order valence-electron chi connectivity index (χ3n) is 6.02. The normalized spacial score (nSPS) is 13.7. The van der Waals surface area contributed by atoms with Gasteiger partial charge in [0.15, 0.2) is 11.6 Å². The number of nitrogens with zero attached hydrogens (tertiary/aromatic N) is 3. The number of benzene rings is 3. The highest BCUT2D eigenvalue weighted by molar-refractivity contribution is 6.31. The number of anilines is 1. The maximum absolute atomic E-state index is 14.9. The molecule has 2 heterocycles. The molecule has 35 heavy (non-hydrogen) atoms. The highest BCUT2D eigenvalue weighted by atomic mass is 35.5. The molecule has 1 N–H and O–H groups in total. The number of rotatable bonds is 6. The highest BCUT2D eigenvalue weighted by Crippen LogP contribution is 2.22. The van der Waals surface area contributed by atoms with Gasteiger partial charge in [-0.2, -0.15) is 0 Å². The molecule has 1 fully saturated rings. The van der Waals surface area contributed by atoms with Gasteiger partial charge in [0.2, 0.25) is 0 Å². The Hall–Kier alpha value is -3.68. The van der Waals surface area contributed by atoms with Crippen LogP contribution in [0.15, 0.2) is 66.9 Å². The molecule has 0 amide bonds. The Morgan fingerprint density at radius 2 is 1.80 bits per heavy atom. The molecule has 0 saturated carbocycles. The van der Waals surface area contributed by atoms with Crippen LogP contribution in [-0.2, 0) is 6.42 Å². The molecule has 4 aromatic rings. The number of halogens is 2. The maximum Gasteiger partial charge on any atom is 0.196 e. The lowest BCUT2D eigenvalue weighted by Crippen LogP contribution is -2.43. The molecule has 0 bridgehead atoms. The summed E-state index contributed by atoms with van der Waals surface area (Å²) in [6, 6.07) is 15.9. The number of piperazine rings is 1. The van der Waals surface area contributed by atoms with Gasteiger partial charge in [0, 0.05) is 48.7 Å². The van der Waals surface area contributed by atoms with Crippen LogP contribution in [0, 0.1) is 5.82 Å². The number of fused-ring (bicyclic) bond motifs is 1.